The van der Waals surface area contributed by atoms with E-state index in [-0.39, 0.29) is 17.5 Å². The Bertz CT molecular complexity index is 711. The summed E-state index contributed by atoms with van der Waals surface area (Å²) in [5.74, 6) is -0.0722. The zero-order valence-electron chi connectivity index (χ0n) is 11.5. The van der Waals surface area contributed by atoms with Crippen LogP contribution in [0.3, 0.4) is 0 Å². The van der Waals surface area contributed by atoms with E-state index in [2.05, 4.69) is 85.2 Å². The topological polar surface area (TPSA) is 52.5 Å². The molecule has 0 aliphatic carbocycles. The van der Waals surface area contributed by atoms with Gasteiger partial charge in [0.1, 0.15) is 0 Å². The smallest absolute Gasteiger partial charge is 0.157 e. The standard InChI is InChI=1S/C16H14I3NO2/c17-11-3-8(4-12(18)16(11)19)5-13-10-7-15(22)14(21)6-9(10)1-2-20-13/h3-4,6-7,13,20-22H,1-2,5H2. The second kappa shape index (κ2) is 6.98. The Morgan fingerprint density at radius 3 is 2.32 bits per heavy atom. The van der Waals surface area contributed by atoms with Crippen molar-refractivity contribution in [1.29, 1.82) is 0 Å². The van der Waals surface area contributed by atoms with Crippen LogP contribution >= 0.6 is 67.8 Å². The number of phenolic OH excluding ortho intramolecular Hbond substituents is 2. The van der Waals surface area contributed by atoms with Gasteiger partial charge in [-0.15, -0.1) is 0 Å². The highest BCUT2D eigenvalue weighted by Gasteiger charge is 2.22. The maximum Gasteiger partial charge on any atom is 0.157 e. The number of rotatable bonds is 2. The minimum Gasteiger partial charge on any atom is -0.504 e. The molecule has 1 aliphatic heterocycles. The van der Waals surface area contributed by atoms with Gasteiger partial charge in [-0.25, -0.2) is 0 Å². The number of aromatic hydroxyl groups is 2. The fourth-order valence-electron chi connectivity index (χ4n) is 2.81. The van der Waals surface area contributed by atoms with Gasteiger partial charge in [-0.05, 0) is 128 Å². The summed E-state index contributed by atoms with van der Waals surface area (Å²) >= 11 is 7.12. The monoisotopic (exact) mass is 633 g/mol. The summed E-state index contributed by atoms with van der Waals surface area (Å²) in [6, 6.07) is 8.01. The molecule has 0 bridgehead atoms. The molecule has 0 fully saturated rings. The number of hydrogen-bond acceptors (Lipinski definition) is 3. The summed E-state index contributed by atoms with van der Waals surface area (Å²) in [7, 11) is 0. The highest BCUT2D eigenvalue weighted by Crippen LogP contribution is 2.35. The van der Waals surface area contributed by atoms with Crippen LogP contribution in [0.5, 0.6) is 11.5 Å². The lowest BCUT2D eigenvalue weighted by atomic mass is 9.90. The number of nitrogens with one attached hydrogen (secondary N) is 1. The maximum atomic E-state index is 9.80. The van der Waals surface area contributed by atoms with E-state index in [1.54, 1.807) is 12.1 Å². The van der Waals surface area contributed by atoms with Crippen molar-refractivity contribution < 1.29 is 10.2 Å². The number of fused-ring (bicyclic) bond motifs is 1. The molecule has 0 amide bonds. The average molecular weight is 633 g/mol. The first-order valence-electron chi connectivity index (χ1n) is 6.87. The van der Waals surface area contributed by atoms with Crippen molar-refractivity contribution in [1.82, 2.24) is 5.32 Å². The molecule has 0 saturated heterocycles. The van der Waals surface area contributed by atoms with E-state index >= 15 is 0 Å². The van der Waals surface area contributed by atoms with Crippen LogP contribution in [0.2, 0.25) is 0 Å². The van der Waals surface area contributed by atoms with Gasteiger partial charge in [0.15, 0.2) is 11.5 Å². The lowest BCUT2D eigenvalue weighted by molar-refractivity contribution is 0.398. The Morgan fingerprint density at radius 2 is 1.64 bits per heavy atom. The Morgan fingerprint density at radius 1 is 1.00 bits per heavy atom. The fraction of sp³-hybridized carbons (Fsp3) is 0.250. The second-order valence-electron chi connectivity index (χ2n) is 5.37. The molecule has 0 radical (unpaired) electrons. The molecule has 6 heteroatoms. The van der Waals surface area contributed by atoms with Crippen LogP contribution in [0.25, 0.3) is 0 Å². The predicted octanol–water partition coefficient (Wildman–Crippen LogP) is 4.34. The highest BCUT2D eigenvalue weighted by molar-refractivity contribution is 14.1. The van der Waals surface area contributed by atoms with Crippen molar-refractivity contribution in [3.63, 3.8) is 0 Å². The van der Waals surface area contributed by atoms with Crippen molar-refractivity contribution in [2.75, 3.05) is 6.54 Å². The molecule has 2 aromatic rings. The van der Waals surface area contributed by atoms with Crippen molar-refractivity contribution in [3.05, 3.63) is 51.7 Å². The molecular formula is C16H14I3NO2. The third-order valence-corrected chi connectivity index (χ3v) is 8.81. The minimum absolute atomic E-state index is 0.0299. The summed E-state index contributed by atoms with van der Waals surface area (Å²) in [6.45, 7) is 0.889. The first-order chi connectivity index (χ1) is 10.5. The van der Waals surface area contributed by atoms with Gasteiger partial charge in [-0.3, -0.25) is 0 Å². The summed E-state index contributed by atoms with van der Waals surface area (Å²) < 4.78 is 3.83. The first kappa shape index (κ1) is 17.0. The van der Waals surface area contributed by atoms with Crippen molar-refractivity contribution in [2.45, 2.75) is 18.9 Å². The second-order valence-corrected chi connectivity index (χ2v) is 8.78. The molecule has 0 saturated carbocycles. The lowest BCUT2D eigenvalue weighted by Crippen LogP contribution is -2.31. The summed E-state index contributed by atoms with van der Waals surface area (Å²) in [4.78, 5) is 0. The Hall–Kier alpha value is 0.190. The van der Waals surface area contributed by atoms with Crippen LogP contribution in [0.15, 0.2) is 24.3 Å². The van der Waals surface area contributed by atoms with E-state index in [4.69, 9.17) is 0 Å². The van der Waals surface area contributed by atoms with Gasteiger partial charge >= 0.3 is 0 Å². The largest absolute Gasteiger partial charge is 0.504 e. The molecule has 1 heterocycles. The molecule has 22 heavy (non-hydrogen) atoms. The number of halogens is 3. The van der Waals surface area contributed by atoms with Gasteiger partial charge < -0.3 is 15.5 Å². The first-order valence-corrected chi connectivity index (χ1v) is 10.1. The van der Waals surface area contributed by atoms with E-state index in [0.29, 0.717) is 0 Å². The maximum absolute atomic E-state index is 9.80. The summed E-state index contributed by atoms with van der Waals surface area (Å²) in [5.41, 5.74) is 3.49. The molecule has 3 rings (SSSR count). The quantitative estimate of drug-likeness (QED) is 0.263. The summed E-state index contributed by atoms with van der Waals surface area (Å²) in [6.07, 6.45) is 1.75. The van der Waals surface area contributed by atoms with Gasteiger partial charge in [0, 0.05) is 16.8 Å². The molecule has 0 aromatic heterocycles. The lowest BCUT2D eigenvalue weighted by Gasteiger charge is -2.27. The summed E-state index contributed by atoms with van der Waals surface area (Å²) in [5, 5.41) is 23.0. The molecule has 2 aromatic carbocycles. The third-order valence-electron chi connectivity index (χ3n) is 3.88. The number of benzene rings is 2. The average Bonchev–Trinajstić information content (AvgIpc) is 2.47. The molecule has 1 unspecified atom stereocenters. The SMILES string of the molecule is Oc1cc2c(cc1O)C(Cc1cc(I)c(I)c(I)c1)NCC2. The third kappa shape index (κ3) is 3.48. The van der Waals surface area contributed by atoms with Crippen molar-refractivity contribution in [2.24, 2.45) is 0 Å². The number of hydrogen-bond donors (Lipinski definition) is 3. The Labute approximate surface area is 170 Å². The number of phenols is 2. The van der Waals surface area contributed by atoms with E-state index in [9.17, 15) is 10.2 Å². The van der Waals surface area contributed by atoms with Gasteiger partial charge in [0.05, 0.1) is 0 Å². The molecular weight excluding hydrogens is 619 g/mol. The molecule has 1 aliphatic rings. The normalized spacial score (nSPS) is 17.3. The van der Waals surface area contributed by atoms with Gasteiger partial charge in [-0.2, -0.15) is 0 Å². The van der Waals surface area contributed by atoms with Crippen LogP contribution in [0.4, 0.5) is 0 Å². The zero-order chi connectivity index (χ0) is 15.9. The molecule has 0 spiro atoms. The highest BCUT2D eigenvalue weighted by atomic mass is 127. The molecule has 1 atom stereocenters. The van der Waals surface area contributed by atoms with E-state index < -0.39 is 0 Å². The Balaban J connectivity index is 1.94. The molecule has 3 N–H and O–H groups in total. The van der Waals surface area contributed by atoms with Crippen molar-refractivity contribution >= 4 is 67.8 Å². The van der Waals surface area contributed by atoms with Crippen LogP contribution in [0.1, 0.15) is 22.7 Å². The van der Waals surface area contributed by atoms with Crippen LogP contribution in [-0.2, 0) is 12.8 Å². The van der Waals surface area contributed by atoms with E-state index in [1.807, 2.05) is 0 Å². The Kier molecular flexibility index (Phi) is 5.40. The van der Waals surface area contributed by atoms with E-state index in [1.165, 1.54) is 16.3 Å². The fourth-order valence-corrected chi connectivity index (χ4v) is 5.02. The minimum atomic E-state index is -0.0424. The predicted molar refractivity (Wildman–Crippen MR) is 113 cm³/mol. The van der Waals surface area contributed by atoms with Crippen molar-refractivity contribution in [3.8, 4) is 11.5 Å². The molecule has 116 valence electrons. The van der Waals surface area contributed by atoms with Gasteiger partial charge in [0.2, 0.25) is 0 Å². The van der Waals surface area contributed by atoms with Crippen LogP contribution in [-0.4, -0.2) is 16.8 Å². The zero-order valence-corrected chi connectivity index (χ0v) is 18.0. The molecule has 3 nitrogen and oxygen atoms in total. The van der Waals surface area contributed by atoms with E-state index in [0.717, 1.165) is 30.5 Å². The van der Waals surface area contributed by atoms with Crippen LogP contribution < -0.4 is 5.32 Å². The van der Waals surface area contributed by atoms with Gasteiger partial charge in [0.25, 0.3) is 0 Å². The van der Waals surface area contributed by atoms with Gasteiger partial charge in [-0.1, -0.05) is 0 Å². The van der Waals surface area contributed by atoms with Crippen LogP contribution in [0, 0.1) is 10.7 Å².